The van der Waals surface area contributed by atoms with E-state index in [1.54, 1.807) is 41.7 Å². The van der Waals surface area contributed by atoms with Crippen LogP contribution in [0.3, 0.4) is 0 Å². The summed E-state index contributed by atoms with van der Waals surface area (Å²) in [4.78, 5) is 25.4. The Bertz CT molecular complexity index is 955. The van der Waals surface area contributed by atoms with Crippen LogP contribution in [0.4, 0.5) is 4.39 Å². The molecule has 0 fully saturated rings. The van der Waals surface area contributed by atoms with Gasteiger partial charge in [0.05, 0.1) is 5.75 Å². The summed E-state index contributed by atoms with van der Waals surface area (Å²) in [5.74, 6) is 0.0846. The Morgan fingerprint density at radius 1 is 1.27 bits per heavy atom. The molecule has 1 amide bonds. The number of hydrogen-bond acceptors (Lipinski definition) is 5. The summed E-state index contributed by atoms with van der Waals surface area (Å²) in [5, 5.41) is 2.04. The van der Waals surface area contributed by atoms with Crippen LogP contribution in [0, 0.1) is 5.82 Å². The minimum atomic E-state index is -0.269. The first-order valence-corrected chi connectivity index (χ1v) is 10.3. The highest BCUT2D eigenvalue weighted by Crippen LogP contribution is 2.39. The number of fused-ring (bicyclic) bond motifs is 3. The van der Waals surface area contributed by atoms with Gasteiger partial charge in [-0.05, 0) is 42.5 Å². The van der Waals surface area contributed by atoms with Crippen LogP contribution in [0.1, 0.15) is 22.4 Å². The van der Waals surface area contributed by atoms with Crippen molar-refractivity contribution in [3.63, 3.8) is 0 Å². The lowest BCUT2D eigenvalue weighted by atomic mass is 10.2. The molecule has 0 aliphatic heterocycles. The zero-order chi connectivity index (χ0) is 18.1. The number of thiophene rings is 1. The van der Waals surface area contributed by atoms with Crippen molar-refractivity contribution in [2.45, 2.75) is 30.8 Å². The molecule has 26 heavy (non-hydrogen) atoms. The first kappa shape index (κ1) is 17.4. The van der Waals surface area contributed by atoms with E-state index in [-0.39, 0.29) is 11.7 Å². The van der Waals surface area contributed by atoms with Gasteiger partial charge in [-0.25, -0.2) is 14.4 Å². The normalized spacial score (nSPS) is 13.2. The Morgan fingerprint density at radius 2 is 2.08 bits per heavy atom. The number of hydrogen-bond donors (Lipinski definition) is 0. The van der Waals surface area contributed by atoms with Crippen LogP contribution < -0.4 is 0 Å². The highest BCUT2D eigenvalue weighted by Gasteiger charge is 2.22. The molecule has 0 N–H and O–H groups in total. The molecule has 1 aliphatic rings. The van der Waals surface area contributed by atoms with Crippen LogP contribution in [0.2, 0.25) is 0 Å². The average molecular weight is 388 g/mol. The Balaban J connectivity index is 1.44. The van der Waals surface area contributed by atoms with E-state index in [2.05, 4.69) is 9.97 Å². The molecule has 0 unspecified atom stereocenters. The van der Waals surface area contributed by atoms with Gasteiger partial charge in [0, 0.05) is 23.9 Å². The molecule has 134 valence electrons. The Labute approximate surface area is 159 Å². The zero-order valence-electron chi connectivity index (χ0n) is 14.4. The Hall–Kier alpha value is -1.99. The number of carbonyl (C=O) groups excluding carboxylic acids is 1. The van der Waals surface area contributed by atoms with Crippen LogP contribution in [0.5, 0.6) is 0 Å². The monoisotopic (exact) mass is 387 g/mol. The number of halogens is 1. The first-order valence-electron chi connectivity index (χ1n) is 8.48. The van der Waals surface area contributed by atoms with E-state index in [1.165, 1.54) is 40.8 Å². The van der Waals surface area contributed by atoms with E-state index in [0.29, 0.717) is 12.3 Å². The van der Waals surface area contributed by atoms with Gasteiger partial charge < -0.3 is 4.90 Å². The molecule has 0 radical (unpaired) electrons. The van der Waals surface area contributed by atoms with Gasteiger partial charge in [-0.3, -0.25) is 4.79 Å². The molecule has 7 heteroatoms. The maximum Gasteiger partial charge on any atom is 0.233 e. The second-order valence-corrected chi connectivity index (χ2v) is 8.43. The minimum Gasteiger partial charge on any atom is -0.341 e. The summed E-state index contributed by atoms with van der Waals surface area (Å²) < 4.78 is 13.0. The minimum absolute atomic E-state index is 0.0259. The molecule has 0 atom stereocenters. The predicted octanol–water partition coefficient (Wildman–Crippen LogP) is 4.07. The molecule has 2 heterocycles. The molecule has 0 saturated carbocycles. The first-order chi connectivity index (χ1) is 12.6. The maximum absolute atomic E-state index is 13.0. The Kier molecular flexibility index (Phi) is 4.91. The largest absolute Gasteiger partial charge is 0.341 e. The molecule has 0 spiro atoms. The summed E-state index contributed by atoms with van der Waals surface area (Å²) >= 11 is 3.23. The van der Waals surface area contributed by atoms with Crippen molar-refractivity contribution in [3.05, 3.63) is 52.4 Å². The van der Waals surface area contributed by atoms with Crippen molar-refractivity contribution in [2.75, 3.05) is 12.8 Å². The number of thioether (sulfide) groups is 1. The second-order valence-electron chi connectivity index (χ2n) is 6.38. The quantitative estimate of drug-likeness (QED) is 0.489. The molecule has 4 rings (SSSR count). The van der Waals surface area contributed by atoms with Crippen molar-refractivity contribution in [1.29, 1.82) is 0 Å². The lowest BCUT2D eigenvalue weighted by Gasteiger charge is -2.17. The van der Waals surface area contributed by atoms with Crippen LogP contribution in [0.15, 0.2) is 35.6 Å². The molecular formula is C19H18FN3OS2. The summed E-state index contributed by atoms with van der Waals surface area (Å²) in [6.07, 6.45) is 4.98. The molecule has 1 aliphatic carbocycles. The predicted molar refractivity (Wildman–Crippen MR) is 103 cm³/mol. The number of carbonyl (C=O) groups is 1. The highest BCUT2D eigenvalue weighted by molar-refractivity contribution is 8.00. The van der Waals surface area contributed by atoms with E-state index in [1.807, 2.05) is 0 Å². The fraction of sp³-hybridized carbons (Fsp3) is 0.316. The van der Waals surface area contributed by atoms with Crippen molar-refractivity contribution in [2.24, 2.45) is 0 Å². The van der Waals surface area contributed by atoms with Gasteiger partial charge in [0.2, 0.25) is 5.91 Å². The Morgan fingerprint density at radius 3 is 2.88 bits per heavy atom. The van der Waals surface area contributed by atoms with Crippen molar-refractivity contribution in [1.82, 2.24) is 14.9 Å². The maximum atomic E-state index is 13.0. The molecule has 0 saturated heterocycles. The van der Waals surface area contributed by atoms with Crippen LogP contribution in [-0.4, -0.2) is 33.6 Å². The molecule has 0 bridgehead atoms. The summed E-state index contributed by atoms with van der Waals surface area (Å²) in [6, 6.07) is 6.23. The van der Waals surface area contributed by atoms with Gasteiger partial charge in [0.1, 0.15) is 22.0 Å². The van der Waals surface area contributed by atoms with E-state index in [4.69, 9.17) is 0 Å². The lowest BCUT2D eigenvalue weighted by Crippen LogP contribution is -2.27. The van der Waals surface area contributed by atoms with Crippen LogP contribution in [0.25, 0.3) is 10.2 Å². The summed E-state index contributed by atoms with van der Waals surface area (Å²) in [7, 11) is 1.77. The summed E-state index contributed by atoms with van der Waals surface area (Å²) in [6.45, 7) is 0.465. The van der Waals surface area contributed by atoms with Crippen molar-refractivity contribution < 1.29 is 9.18 Å². The standard InChI is InChI=1S/C19H18FN3OS2/c1-23(9-12-5-7-13(20)8-6-12)16(24)10-25-18-17-14-3-2-4-15(14)26-19(17)22-11-21-18/h5-8,11H,2-4,9-10H2,1H3. The van der Waals surface area contributed by atoms with E-state index in [9.17, 15) is 9.18 Å². The molecule has 2 aromatic heterocycles. The van der Waals surface area contributed by atoms with E-state index < -0.39 is 0 Å². The lowest BCUT2D eigenvalue weighted by molar-refractivity contribution is -0.127. The third-order valence-corrected chi connectivity index (χ3v) is 6.73. The van der Waals surface area contributed by atoms with Crippen LogP contribution >= 0.6 is 23.1 Å². The topological polar surface area (TPSA) is 46.1 Å². The zero-order valence-corrected chi connectivity index (χ0v) is 16.0. The SMILES string of the molecule is CN(Cc1ccc(F)cc1)C(=O)CSc1ncnc2sc3c(c12)CCC3. The van der Waals surface area contributed by atoms with Gasteiger partial charge >= 0.3 is 0 Å². The van der Waals surface area contributed by atoms with Crippen molar-refractivity contribution in [3.8, 4) is 0 Å². The third kappa shape index (κ3) is 3.46. The fourth-order valence-corrected chi connectivity index (χ4v) is 5.46. The van der Waals surface area contributed by atoms with Crippen molar-refractivity contribution >= 4 is 39.2 Å². The second kappa shape index (κ2) is 7.32. The number of rotatable bonds is 5. The fourth-order valence-electron chi connectivity index (χ4n) is 3.20. The molecule has 4 nitrogen and oxygen atoms in total. The molecule has 3 aromatic rings. The number of aryl methyl sites for hydroxylation is 2. The number of amides is 1. The van der Waals surface area contributed by atoms with Gasteiger partial charge in [0.15, 0.2) is 0 Å². The number of nitrogens with zero attached hydrogens (tertiary/aromatic N) is 3. The molecule has 1 aromatic carbocycles. The third-order valence-electron chi connectivity index (χ3n) is 4.56. The van der Waals surface area contributed by atoms with E-state index >= 15 is 0 Å². The molecular weight excluding hydrogens is 369 g/mol. The van der Waals surface area contributed by atoms with Gasteiger partial charge in [0.25, 0.3) is 0 Å². The average Bonchev–Trinajstić information content (AvgIpc) is 3.22. The van der Waals surface area contributed by atoms with Gasteiger partial charge in [-0.2, -0.15) is 0 Å². The van der Waals surface area contributed by atoms with Gasteiger partial charge in [-0.15, -0.1) is 11.3 Å². The van der Waals surface area contributed by atoms with Gasteiger partial charge in [-0.1, -0.05) is 23.9 Å². The number of aromatic nitrogens is 2. The van der Waals surface area contributed by atoms with Crippen LogP contribution in [-0.2, 0) is 24.2 Å². The smallest absolute Gasteiger partial charge is 0.233 e. The van der Waals surface area contributed by atoms with E-state index in [0.717, 1.165) is 33.6 Å². The number of benzene rings is 1. The summed E-state index contributed by atoms with van der Waals surface area (Å²) in [5.41, 5.74) is 2.28. The highest BCUT2D eigenvalue weighted by atomic mass is 32.2.